The van der Waals surface area contributed by atoms with Crippen LogP contribution in [0, 0.1) is 0 Å². The Bertz CT molecular complexity index is 281. The van der Waals surface area contributed by atoms with Crippen LogP contribution < -0.4 is 10.6 Å². The molecule has 2 amide bonds. The van der Waals surface area contributed by atoms with Crippen molar-refractivity contribution < 1.29 is 24.5 Å². The van der Waals surface area contributed by atoms with Crippen LogP contribution in [0.1, 0.15) is 33.6 Å². The standard InChI is InChI=1S/C12H24N2O5/c1-8(2)19-7-5-4-6-13-12(18)14-10(9(3)15)11(16)17/h8-10,15H,4-7H2,1-3H3,(H,16,17)(H2,13,14,18). The molecule has 0 aliphatic carbocycles. The summed E-state index contributed by atoms with van der Waals surface area (Å²) in [5, 5.41) is 22.7. The molecule has 0 aliphatic heterocycles. The molecular formula is C12H24N2O5. The summed E-state index contributed by atoms with van der Waals surface area (Å²) in [5.41, 5.74) is 0. The van der Waals surface area contributed by atoms with Gasteiger partial charge >= 0.3 is 12.0 Å². The first-order valence-corrected chi connectivity index (χ1v) is 6.41. The predicted octanol–water partition coefficient (Wildman–Crippen LogP) is 0.325. The summed E-state index contributed by atoms with van der Waals surface area (Å²) in [6, 6.07) is -1.90. The number of aliphatic hydroxyl groups is 1. The zero-order chi connectivity index (χ0) is 14.8. The highest BCUT2D eigenvalue weighted by Gasteiger charge is 2.24. The van der Waals surface area contributed by atoms with E-state index in [1.54, 1.807) is 0 Å². The molecular weight excluding hydrogens is 252 g/mol. The number of carbonyl (C=O) groups is 2. The van der Waals surface area contributed by atoms with Crippen LogP contribution in [0.15, 0.2) is 0 Å². The number of carboxylic acid groups (broad SMARTS) is 1. The van der Waals surface area contributed by atoms with Crippen LogP contribution in [0.5, 0.6) is 0 Å². The normalized spacial score (nSPS) is 13.9. The Morgan fingerprint density at radius 2 is 1.84 bits per heavy atom. The first-order valence-electron chi connectivity index (χ1n) is 6.41. The van der Waals surface area contributed by atoms with Crippen LogP contribution in [0.4, 0.5) is 4.79 Å². The Balaban J connectivity index is 3.72. The number of carboxylic acids is 1. The first-order chi connectivity index (χ1) is 8.84. The molecule has 2 atom stereocenters. The maximum absolute atomic E-state index is 11.4. The molecule has 0 heterocycles. The fourth-order valence-electron chi connectivity index (χ4n) is 1.33. The first kappa shape index (κ1) is 17.7. The van der Waals surface area contributed by atoms with Gasteiger partial charge in [-0.05, 0) is 33.6 Å². The lowest BCUT2D eigenvalue weighted by Gasteiger charge is -2.17. The van der Waals surface area contributed by atoms with Crippen LogP contribution in [0.25, 0.3) is 0 Å². The van der Waals surface area contributed by atoms with E-state index >= 15 is 0 Å². The Hall–Kier alpha value is -1.34. The van der Waals surface area contributed by atoms with Gasteiger partial charge in [0.1, 0.15) is 0 Å². The minimum absolute atomic E-state index is 0.193. The van der Waals surface area contributed by atoms with E-state index in [0.717, 1.165) is 12.8 Å². The summed E-state index contributed by atoms with van der Waals surface area (Å²) >= 11 is 0. The van der Waals surface area contributed by atoms with E-state index in [1.807, 2.05) is 13.8 Å². The fraction of sp³-hybridized carbons (Fsp3) is 0.833. The number of unbranched alkanes of at least 4 members (excludes halogenated alkanes) is 1. The van der Waals surface area contributed by atoms with Gasteiger partial charge in [0, 0.05) is 13.2 Å². The molecule has 19 heavy (non-hydrogen) atoms. The molecule has 0 bridgehead atoms. The lowest BCUT2D eigenvalue weighted by Crippen LogP contribution is -2.51. The van der Waals surface area contributed by atoms with Crippen molar-refractivity contribution in [2.45, 2.75) is 51.9 Å². The molecule has 0 spiro atoms. The summed E-state index contributed by atoms with van der Waals surface area (Å²) in [7, 11) is 0. The lowest BCUT2D eigenvalue weighted by molar-refractivity contribution is -0.141. The second-order valence-corrected chi connectivity index (χ2v) is 4.58. The number of carbonyl (C=O) groups excluding carboxylic acids is 1. The van der Waals surface area contributed by atoms with Crippen molar-refractivity contribution in [3.63, 3.8) is 0 Å². The molecule has 0 aromatic rings. The third-order valence-electron chi connectivity index (χ3n) is 2.34. The number of nitrogens with one attached hydrogen (secondary N) is 2. The van der Waals surface area contributed by atoms with Gasteiger partial charge in [-0.25, -0.2) is 9.59 Å². The topological polar surface area (TPSA) is 108 Å². The highest BCUT2D eigenvalue weighted by molar-refractivity contribution is 5.82. The fourth-order valence-corrected chi connectivity index (χ4v) is 1.33. The molecule has 0 radical (unpaired) electrons. The quantitative estimate of drug-likeness (QED) is 0.454. The summed E-state index contributed by atoms with van der Waals surface area (Å²) < 4.78 is 5.34. The third-order valence-corrected chi connectivity index (χ3v) is 2.34. The van der Waals surface area contributed by atoms with E-state index in [-0.39, 0.29) is 6.10 Å². The maximum Gasteiger partial charge on any atom is 0.328 e. The summed E-state index contributed by atoms with van der Waals surface area (Å²) in [4.78, 5) is 22.1. The Kier molecular flexibility index (Phi) is 8.90. The number of ether oxygens (including phenoxy) is 1. The number of rotatable bonds is 9. The van der Waals surface area contributed by atoms with Crippen molar-refractivity contribution in [3.8, 4) is 0 Å². The van der Waals surface area contributed by atoms with Gasteiger partial charge in [0.05, 0.1) is 12.2 Å². The largest absolute Gasteiger partial charge is 0.480 e. The molecule has 2 unspecified atom stereocenters. The third kappa shape index (κ3) is 9.26. The Morgan fingerprint density at radius 1 is 1.21 bits per heavy atom. The average Bonchev–Trinajstić information content (AvgIpc) is 2.29. The molecule has 0 saturated carbocycles. The monoisotopic (exact) mass is 276 g/mol. The van der Waals surface area contributed by atoms with Crippen LogP contribution in [0.2, 0.25) is 0 Å². The van der Waals surface area contributed by atoms with E-state index in [0.29, 0.717) is 13.2 Å². The zero-order valence-electron chi connectivity index (χ0n) is 11.7. The molecule has 4 N–H and O–H groups in total. The SMILES string of the molecule is CC(C)OCCCCNC(=O)NC(C(=O)O)C(C)O. The zero-order valence-corrected chi connectivity index (χ0v) is 11.7. The van der Waals surface area contributed by atoms with Crippen molar-refractivity contribution in [3.05, 3.63) is 0 Å². The van der Waals surface area contributed by atoms with Crippen molar-refractivity contribution in [2.24, 2.45) is 0 Å². The number of aliphatic carboxylic acids is 1. The number of aliphatic hydroxyl groups excluding tert-OH is 1. The molecule has 0 rings (SSSR count). The maximum atomic E-state index is 11.4. The summed E-state index contributed by atoms with van der Waals surface area (Å²) in [5.74, 6) is -1.27. The molecule has 0 saturated heterocycles. The summed E-state index contributed by atoms with van der Waals surface area (Å²) in [6.07, 6.45) is 0.602. The van der Waals surface area contributed by atoms with Crippen LogP contribution >= 0.6 is 0 Å². The predicted molar refractivity (Wildman–Crippen MR) is 70.0 cm³/mol. The molecule has 7 heteroatoms. The molecule has 112 valence electrons. The average molecular weight is 276 g/mol. The summed E-state index contributed by atoms with van der Waals surface area (Å²) in [6.45, 7) is 6.27. The Morgan fingerprint density at radius 3 is 2.32 bits per heavy atom. The van der Waals surface area contributed by atoms with E-state index in [4.69, 9.17) is 9.84 Å². The van der Waals surface area contributed by atoms with Gasteiger partial charge in [0.15, 0.2) is 6.04 Å². The van der Waals surface area contributed by atoms with Gasteiger partial charge in [0.2, 0.25) is 0 Å². The van der Waals surface area contributed by atoms with Gasteiger partial charge in [-0.1, -0.05) is 0 Å². The van der Waals surface area contributed by atoms with Crippen molar-refractivity contribution in [1.29, 1.82) is 0 Å². The van der Waals surface area contributed by atoms with Crippen LogP contribution in [-0.2, 0) is 9.53 Å². The van der Waals surface area contributed by atoms with E-state index in [9.17, 15) is 14.7 Å². The van der Waals surface area contributed by atoms with Crippen molar-refractivity contribution >= 4 is 12.0 Å². The van der Waals surface area contributed by atoms with Gasteiger partial charge in [-0.2, -0.15) is 0 Å². The van der Waals surface area contributed by atoms with Gasteiger partial charge < -0.3 is 25.6 Å². The van der Waals surface area contributed by atoms with Gasteiger partial charge in [0.25, 0.3) is 0 Å². The number of amides is 2. The van der Waals surface area contributed by atoms with Crippen molar-refractivity contribution in [1.82, 2.24) is 10.6 Å². The van der Waals surface area contributed by atoms with E-state index < -0.39 is 24.1 Å². The molecule has 0 fully saturated rings. The lowest BCUT2D eigenvalue weighted by atomic mass is 10.2. The van der Waals surface area contributed by atoms with Gasteiger partial charge in [-0.15, -0.1) is 0 Å². The second kappa shape index (κ2) is 9.57. The number of urea groups is 1. The second-order valence-electron chi connectivity index (χ2n) is 4.58. The van der Waals surface area contributed by atoms with E-state index in [2.05, 4.69) is 10.6 Å². The van der Waals surface area contributed by atoms with E-state index in [1.165, 1.54) is 6.92 Å². The molecule has 7 nitrogen and oxygen atoms in total. The smallest absolute Gasteiger partial charge is 0.328 e. The van der Waals surface area contributed by atoms with Gasteiger partial charge in [-0.3, -0.25) is 0 Å². The van der Waals surface area contributed by atoms with Crippen molar-refractivity contribution in [2.75, 3.05) is 13.2 Å². The minimum atomic E-state index is -1.30. The van der Waals surface area contributed by atoms with Crippen LogP contribution in [0.3, 0.4) is 0 Å². The Labute approximate surface area is 113 Å². The highest BCUT2D eigenvalue weighted by Crippen LogP contribution is 1.95. The number of hydrogen-bond acceptors (Lipinski definition) is 4. The van der Waals surface area contributed by atoms with Crippen LogP contribution in [-0.4, -0.2) is 53.6 Å². The molecule has 0 aromatic carbocycles. The number of hydrogen-bond donors (Lipinski definition) is 4. The highest BCUT2D eigenvalue weighted by atomic mass is 16.5. The molecule has 0 aliphatic rings. The molecule has 0 aromatic heterocycles. The minimum Gasteiger partial charge on any atom is -0.480 e.